The van der Waals surface area contributed by atoms with Gasteiger partial charge in [0.25, 0.3) is 5.91 Å². The Kier molecular flexibility index (Phi) is 5.17. The van der Waals surface area contributed by atoms with Gasteiger partial charge in [-0.3, -0.25) is 9.59 Å². The van der Waals surface area contributed by atoms with E-state index < -0.39 is 6.04 Å². The summed E-state index contributed by atoms with van der Waals surface area (Å²) in [6, 6.07) is 6.21. The van der Waals surface area contributed by atoms with Crippen LogP contribution in [0.3, 0.4) is 0 Å². The third-order valence-electron chi connectivity index (χ3n) is 2.42. The second kappa shape index (κ2) is 6.64. The maximum atomic E-state index is 11.9. The van der Waals surface area contributed by atoms with Gasteiger partial charge >= 0.3 is 0 Å². The zero-order valence-electron chi connectivity index (χ0n) is 10.8. The largest absolute Gasteiger partial charge is 0.497 e. The molecule has 0 aliphatic carbocycles. The molecular weight excluding hydrogens is 232 g/mol. The standard InChI is InChI=1S/C13H18N2O3/c1-4-14-12(16)9(2)15-13(17)10-6-5-7-11(8-10)18-3/h5-9H,4H2,1-3H3,(H,14,16)(H,15,17)/t9-/m1/s1. The van der Waals surface area contributed by atoms with Gasteiger partial charge in [-0.15, -0.1) is 0 Å². The summed E-state index contributed by atoms with van der Waals surface area (Å²) in [5, 5.41) is 5.27. The number of hydrogen-bond donors (Lipinski definition) is 2. The molecule has 1 aromatic carbocycles. The molecule has 0 heterocycles. The number of rotatable bonds is 5. The Morgan fingerprint density at radius 1 is 1.39 bits per heavy atom. The summed E-state index contributed by atoms with van der Waals surface area (Å²) in [6.45, 7) is 4.01. The Morgan fingerprint density at radius 3 is 2.72 bits per heavy atom. The number of carbonyl (C=O) groups is 2. The number of benzene rings is 1. The molecule has 0 saturated heterocycles. The molecule has 0 saturated carbocycles. The van der Waals surface area contributed by atoms with Crippen molar-refractivity contribution in [3.63, 3.8) is 0 Å². The van der Waals surface area contributed by atoms with E-state index in [0.29, 0.717) is 17.9 Å². The molecule has 0 unspecified atom stereocenters. The highest BCUT2D eigenvalue weighted by Crippen LogP contribution is 2.12. The topological polar surface area (TPSA) is 67.4 Å². The number of amides is 2. The molecule has 1 rings (SSSR count). The zero-order valence-corrected chi connectivity index (χ0v) is 10.8. The first-order valence-electron chi connectivity index (χ1n) is 5.81. The van der Waals surface area contributed by atoms with E-state index >= 15 is 0 Å². The van der Waals surface area contributed by atoms with Crippen LogP contribution >= 0.6 is 0 Å². The SMILES string of the molecule is CCNC(=O)[C@@H](C)NC(=O)c1cccc(OC)c1. The average Bonchev–Trinajstić information content (AvgIpc) is 2.39. The highest BCUT2D eigenvalue weighted by atomic mass is 16.5. The molecule has 2 amide bonds. The summed E-state index contributed by atoms with van der Waals surface area (Å²) in [7, 11) is 1.54. The maximum absolute atomic E-state index is 11.9. The first kappa shape index (κ1) is 14.0. The Bertz CT molecular complexity index is 432. The Morgan fingerprint density at radius 2 is 2.11 bits per heavy atom. The van der Waals surface area contributed by atoms with Crippen molar-refractivity contribution in [2.24, 2.45) is 0 Å². The number of methoxy groups -OCH3 is 1. The summed E-state index contributed by atoms with van der Waals surface area (Å²) in [6.07, 6.45) is 0. The van der Waals surface area contributed by atoms with Crippen LogP contribution in [-0.4, -0.2) is 31.5 Å². The maximum Gasteiger partial charge on any atom is 0.252 e. The lowest BCUT2D eigenvalue weighted by atomic mass is 10.2. The molecule has 0 aliphatic rings. The highest BCUT2D eigenvalue weighted by Gasteiger charge is 2.15. The van der Waals surface area contributed by atoms with E-state index in [1.165, 1.54) is 7.11 Å². The molecule has 5 nitrogen and oxygen atoms in total. The van der Waals surface area contributed by atoms with E-state index in [1.807, 2.05) is 6.92 Å². The number of nitrogens with one attached hydrogen (secondary N) is 2. The van der Waals surface area contributed by atoms with Crippen molar-refractivity contribution in [3.05, 3.63) is 29.8 Å². The Balaban J connectivity index is 2.67. The van der Waals surface area contributed by atoms with E-state index in [0.717, 1.165) is 0 Å². The zero-order chi connectivity index (χ0) is 13.5. The average molecular weight is 250 g/mol. The number of hydrogen-bond acceptors (Lipinski definition) is 3. The van der Waals surface area contributed by atoms with Gasteiger partial charge in [-0.05, 0) is 32.0 Å². The Labute approximate surface area is 107 Å². The molecule has 0 aliphatic heterocycles. The molecule has 5 heteroatoms. The molecule has 0 fully saturated rings. The number of carbonyl (C=O) groups excluding carboxylic acids is 2. The normalized spacial score (nSPS) is 11.5. The minimum Gasteiger partial charge on any atom is -0.497 e. The summed E-state index contributed by atoms with van der Waals surface area (Å²) in [5.41, 5.74) is 0.463. The summed E-state index contributed by atoms with van der Waals surface area (Å²) in [5.74, 6) is 0.106. The van der Waals surface area contributed by atoms with Crippen molar-refractivity contribution in [3.8, 4) is 5.75 Å². The number of likely N-dealkylation sites (N-methyl/N-ethyl adjacent to an activating group) is 1. The van der Waals surface area contributed by atoms with Crippen molar-refractivity contribution in [2.75, 3.05) is 13.7 Å². The van der Waals surface area contributed by atoms with E-state index in [1.54, 1.807) is 31.2 Å². The first-order chi connectivity index (χ1) is 8.58. The molecule has 0 aromatic heterocycles. The predicted octanol–water partition coefficient (Wildman–Crippen LogP) is 0.950. The predicted molar refractivity (Wildman–Crippen MR) is 68.6 cm³/mol. The van der Waals surface area contributed by atoms with Gasteiger partial charge in [0.05, 0.1) is 7.11 Å². The fraction of sp³-hybridized carbons (Fsp3) is 0.385. The fourth-order valence-electron chi connectivity index (χ4n) is 1.44. The van der Waals surface area contributed by atoms with Gasteiger partial charge in [-0.1, -0.05) is 6.07 Å². The summed E-state index contributed by atoms with van der Waals surface area (Å²) < 4.78 is 5.04. The first-order valence-corrected chi connectivity index (χ1v) is 5.81. The van der Waals surface area contributed by atoms with Crippen LogP contribution in [0.2, 0.25) is 0 Å². The molecule has 0 spiro atoms. The monoisotopic (exact) mass is 250 g/mol. The fourth-order valence-corrected chi connectivity index (χ4v) is 1.44. The third kappa shape index (κ3) is 3.76. The van der Waals surface area contributed by atoms with Gasteiger partial charge in [0, 0.05) is 12.1 Å². The van der Waals surface area contributed by atoms with Crippen LogP contribution in [0.15, 0.2) is 24.3 Å². The molecular formula is C13H18N2O3. The lowest BCUT2D eigenvalue weighted by molar-refractivity contribution is -0.122. The second-order valence-electron chi connectivity index (χ2n) is 3.82. The quantitative estimate of drug-likeness (QED) is 0.817. The smallest absolute Gasteiger partial charge is 0.252 e. The molecule has 18 heavy (non-hydrogen) atoms. The molecule has 0 radical (unpaired) electrons. The van der Waals surface area contributed by atoms with Crippen molar-refractivity contribution < 1.29 is 14.3 Å². The van der Waals surface area contributed by atoms with Crippen LogP contribution in [0.5, 0.6) is 5.75 Å². The summed E-state index contributed by atoms with van der Waals surface area (Å²) >= 11 is 0. The van der Waals surface area contributed by atoms with Crippen LogP contribution in [0.4, 0.5) is 0 Å². The van der Waals surface area contributed by atoms with Crippen molar-refractivity contribution >= 4 is 11.8 Å². The third-order valence-corrected chi connectivity index (χ3v) is 2.42. The molecule has 0 bridgehead atoms. The second-order valence-corrected chi connectivity index (χ2v) is 3.82. The van der Waals surface area contributed by atoms with Gasteiger partial charge in [-0.2, -0.15) is 0 Å². The van der Waals surface area contributed by atoms with Gasteiger partial charge < -0.3 is 15.4 Å². The lowest BCUT2D eigenvalue weighted by Gasteiger charge is -2.13. The number of ether oxygens (including phenoxy) is 1. The van der Waals surface area contributed by atoms with Gasteiger partial charge in [-0.25, -0.2) is 0 Å². The van der Waals surface area contributed by atoms with Crippen molar-refractivity contribution in [2.45, 2.75) is 19.9 Å². The van der Waals surface area contributed by atoms with Crippen LogP contribution < -0.4 is 15.4 Å². The minimum atomic E-state index is -0.566. The Hall–Kier alpha value is -2.04. The molecule has 1 aromatic rings. The molecule has 2 N–H and O–H groups in total. The molecule has 1 atom stereocenters. The van der Waals surface area contributed by atoms with E-state index in [4.69, 9.17) is 4.74 Å². The van der Waals surface area contributed by atoms with Crippen LogP contribution in [0, 0.1) is 0 Å². The van der Waals surface area contributed by atoms with E-state index in [-0.39, 0.29) is 11.8 Å². The molecule has 98 valence electrons. The van der Waals surface area contributed by atoms with Gasteiger partial charge in [0.2, 0.25) is 5.91 Å². The van der Waals surface area contributed by atoms with Crippen molar-refractivity contribution in [1.82, 2.24) is 10.6 Å². The van der Waals surface area contributed by atoms with Crippen LogP contribution in [0.25, 0.3) is 0 Å². The van der Waals surface area contributed by atoms with Crippen molar-refractivity contribution in [1.29, 1.82) is 0 Å². The van der Waals surface area contributed by atoms with E-state index in [2.05, 4.69) is 10.6 Å². The minimum absolute atomic E-state index is 0.200. The summed E-state index contributed by atoms with van der Waals surface area (Å²) in [4.78, 5) is 23.4. The van der Waals surface area contributed by atoms with E-state index in [9.17, 15) is 9.59 Å². The van der Waals surface area contributed by atoms with Gasteiger partial charge in [0.15, 0.2) is 0 Å². The lowest BCUT2D eigenvalue weighted by Crippen LogP contribution is -2.44. The van der Waals surface area contributed by atoms with Gasteiger partial charge in [0.1, 0.15) is 11.8 Å². The van der Waals surface area contributed by atoms with Crippen LogP contribution in [0.1, 0.15) is 24.2 Å². The van der Waals surface area contributed by atoms with Crippen LogP contribution in [-0.2, 0) is 4.79 Å². The highest BCUT2D eigenvalue weighted by molar-refractivity contribution is 5.97.